The van der Waals surface area contributed by atoms with Crippen molar-refractivity contribution in [2.45, 2.75) is 67.3 Å². The molecule has 4 saturated heterocycles. The molecular formula is C20H22Cl2N2O5. The van der Waals surface area contributed by atoms with E-state index >= 15 is 0 Å². The second kappa shape index (κ2) is 5.99. The average molecular weight is 441 g/mol. The van der Waals surface area contributed by atoms with Gasteiger partial charge in [-0.05, 0) is 19.4 Å². The van der Waals surface area contributed by atoms with E-state index in [2.05, 4.69) is 0 Å². The van der Waals surface area contributed by atoms with Crippen molar-refractivity contribution in [2.24, 2.45) is 5.92 Å². The Labute approximate surface area is 178 Å². The molecule has 5 aliphatic rings. The van der Waals surface area contributed by atoms with Crippen molar-refractivity contribution < 1.29 is 23.7 Å². The van der Waals surface area contributed by atoms with Gasteiger partial charge in [0.25, 0.3) is 0 Å². The van der Waals surface area contributed by atoms with E-state index in [0.717, 1.165) is 5.56 Å². The standard InChI is InChI=1S/C20H22Cl2N2O5/c1-19(2)28-13-11-9-26-16-12-15(20(12,21)22)23(8-10-6-4-3-5-7-10)18(25)24(16)17(27-11)14(13)29-19/h3-7,11-17H,8-9H2,1-2H3/t11-,12-,13-,14-,15-,16+,17-/m1/s1. The molecule has 1 aromatic rings. The molecule has 9 heteroatoms. The lowest BCUT2D eigenvalue weighted by Crippen LogP contribution is -2.61. The van der Waals surface area contributed by atoms with E-state index < -0.39 is 22.6 Å². The first-order chi connectivity index (χ1) is 13.8. The molecule has 1 aliphatic carbocycles. The molecule has 2 amide bonds. The Bertz CT molecular complexity index is 853. The van der Waals surface area contributed by atoms with Gasteiger partial charge in [0.15, 0.2) is 12.0 Å². The van der Waals surface area contributed by atoms with Crippen LogP contribution in [-0.2, 0) is 25.5 Å². The molecule has 4 heterocycles. The number of amides is 2. The number of nitrogens with zero attached hydrogens (tertiary/aromatic N) is 2. The quantitative estimate of drug-likeness (QED) is 0.661. The van der Waals surface area contributed by atoms with Gasteiger partial charge in [-0.15, -0.1) is 0 Å². The highest BCUT2D eigenvalue weighted by Gasteiger charge is 2.77. The van der Waals surface area contributed by atoms with Gasteiger partial charge in [0.1, 0.15) is 28.9 Å². The molecule has 4 aliphatic heterocycles. The van der Waals surface area contributed by atoms with Gasteiger partial charge >= 0.3 is 6.03 Å². The molecule has 6 rings (SSSR count). The maximum absolute atomic E-state index is 13.7. The Morgan fingerprint density at radius 3 is 2.59 bits per heavy atom. The van der Waals surface area contributed by atoms with Gasteiger partial charge in [-0.3, -0.25) is 4.90 Å². The average Bonchev–Trinajstić information content (AvgIpc) is 3.00. The minimum Gasteiger partial charge on any atom is -0.355 e. The Kier molecular flexibility index (Phi) is 3.86. The first-order valence-corrected chi connectivity index (χ1v) is 10.7. The fraction of sp³-hybridized carbons (Fsp3) is 0.650. The van der Waals surface area contributed by atoms with Crippen LogP contribution < -0.4 is 0 Å². The van der Waals surface area contributed by atoms with E-state index in [1.54, 1.807) is 9.80 Å². The second-order valence-corrected chi connectivity index (χ2v) is 10.2. The van der Waals surface area contributed by atoms with Crippen molar-refractivity contribution in [2.75, 3.05) is 6.61 Å². The number of carbonyl (C=O) groups excluding carboxylic acids is 1. The fourth-order valence-electron chi connectivity index (χ4n) is 5.22. The van der Waals surface area contributed by atoms with Crippen LogP contribution in [0.3, 0.4) is 0 Å². The third-order valence-corrected chi connectivity index (χ3v) is 7.43. The number of urea groups is 1. The molecule has 0 radical (unpaired) electrons. The molecule has 5 fully saturated rings. The lowest BCUT2D eigenvalue weighted by atomic mass is 10.1. The normalized spacial score (nSPS) is 43.4. The van der Waals surface area contributed by atoms with Crippen LogP contribution in [0.2, 0.25) is 0 Å². The summed E-state index contributed by atoms with van der Waals surface area (Å²) in [5.41, 5.74) is 1.01. The van der Waals surface area contributed by atoms with Crippen molar-refractivity contribution in [3.05, 3.63) is 35.9 Å². The van der Waals surface area contributed by atoms with Gasteiger partial charge in [-0.1, -0.05) is 53.5 Å². The lowest BCUT2D eigenvalue weighted by molar-refractivity contribution is -0.200. The molecule has 7 nitrogen and oxygen atoms in total. The highest BCUT2D eigenvalue weighted by atomic mass is 35.5. The summed E-state index contributed by atoms with van der Waals surface area (Å²) in [6, 6.07) is 9.29. The minimum absolute atomic E-state index is 0.206. The van der Waals surface area contributed by atoms with Crippen molar-refractivity contribution in [1.82, 2.24) is 9.80 Å². The second-order valence-electron chi connectivity index (χ2n) is 8.80. The summed E-state index contributed by atoms with van der Waals surface area (Å²) in [6.07, 6.45) is -2.10. The predicted octanol–water partition coefficient (Wildman–Crippen LogP) is 2.70. The third-order valence-electron chi connectivity index (χ3n) is 6.48. The smallest absolute Gasteiger partial charge is 0.324 e. The summed E-state index contributed by atoms with van der Waals surface area (Å²) < 4.78 is 23.4. The minimum atomic E-state index is -1.06. The van der Waals surface area contributed by atoms with Crippen LogP contribution in [0.25, 0.3) is 0 Å². The van der Waals surface area contributed by atoms with Crippen LogP contribution in [0.1, 0.15) is 19.4 Å². The van der Waals surface area contributed by atoms with E-state index in [-0.39, 0.29) is 36.3 Å². The molecule has 0 spiro atoms. The molecule has 2 bridgehead atoms. The molecule has 0 unspecified atom stereocenters. The molecule has 29 heavy (non-hydrogen) atoms. The topological polar surface area (TPSA) is 60.5 Å². The predicted molar refractivity (Wildman–Crippen MR) is 103 cm³/mol. The molecule has 0 aromatic heterocycles. The number of benzene rings is 1. The summed E-state index contributed by atoms with van der Waals surface area (Å²) in [4.78, 5) is 17.0. The molecule has 0 N–H and O–H groups in total. The molecular weight excluding hydrogens is 419 g/mol. The van der Waals surface area contributed by atoms with E-state index in [1.165, 1.54) is 0 Å². The first-order valence-electron chi connectivity index (χ1n) is 9.91. The van der Waals surface area contributed by atoms with Gasteiger partial charge < -0.3 is 23.8 Å². The van der Waals surface area contributed by atoms with Crippen LogP contribution in [0.15, 0.2) is 30.3 Å². The number of fused-ring (bicyclic) bond motifs is 9. The molecule has 7 atom stereocenters. The third kappa shape index (κ3) is 2.61. The number of halogens is 2. The van der Waals surface area contributed by atoms with Crippen molar-refractivity contribution >= 4 is 29.2 Å². The number of hydrogen-bond acceptors (Lipinski definition) is 5. The van der Waals surface area contributed by atoms with Gasteiger partial charge in [0.05, 0.1) is 18.6 Å². The maximum Gasteiger partial charge on any atom is 0.324 e. The maximum atomic E-state index is 13.7. The number of rotatable bonds is 2. The lowest BCUT2D eigenvalue weighted by Gasteiger charge is -2.42. The largest absolute Gasteiger partial charge is 0.355 e. The van der Waals surface area contributed by atoms with Crippen LogP contribution >= 0.6 is 23.2 Å². The van der Waals surface area contributed by atoms with Gasteiger partial charge in [0.2, 0.25) is 0 Å². The SMILES string of the molecule is CC1(C)O[C@@H]2[C@H](O1)[C@H]1CO[C@H]3[C@H]4[C@@H](N(Cc5ccccc5)C(=O)N3[C@@H]2O1)C4(Cl)Cl. The van der Waals surface area contributed by atoms with Crippen molar-refractivity contribution in [1.29, 1.82) is 0 Å². The van der Waals surface area contributed by atoms with E-state index in [0.29, 0.717) is 13.2 Å². The van der Waals surface area contributed by atoms with Crippen LogP contribution in [-0.4, -0.2) is 69.4 Å². The summed E-state index contributed by atoms with van der Waals surface area (Å²) in [5.74, 6) is -0.952. The summed E-state index contributed by atoms with van der Waals surface area (Å²) in [7, 11) is 0. The van der Waals surface area contributed by atoms with Gasteiger partial charge in [-0.2, -0.15) is 0 Å². The zero-order chi connectivity index (χ0) is 20.1. The Morgan fingerprint density at radius 1 is 1.10 bits per heavy atom. The molecule has 1 saturated carbocycles. The Morgan fingerprint density at radius 2 is 1.83 bits per heavy atom. The van der Waals surface area contributed by atoms with Crippen molar-refractivity contribution in [3.8, 4) is 0 Å². The highest BCUT2D eigenvalue weighted by molar-refractivity contribution is 6.52. The highest BCUT2D eigenvalue weighted by Crippen LogP contribution is 2.62. The number of alkyl halides is 2. The van der Waals surface area contributed by atoms with Crippen LogP contribution in [0.4, 0.5) is 4.79 Å². The number of carbonyl (C=O) groups is 1. The zero-order valence-electron chi connectivity index (χ0n) is 16.0. The van der Waals surface area contributed by atoms with Crippen LogP contribution in [0.5, 0.6) is 0 Å². The van der Waals surface area contributed by atoms with E-state index in [4.69, 9.17) is 42.1 Å². The van der Waals surface area contributed by atoms with Gasteiger partial charge in [0, 0.05) is 6.54 Å². The zero-order valence-corrected chi connectivity index (χ0v) is 17.5. The molecule has 1 aromatic carbocycles. The van der Waals surface area contributed by atoms with E-state index in [9.17, 15) is 4.79 Å². The molecule has 156 valence electrons. The van der Waals surface area contributed by atoms with Gasteiger partial charge in [-0.25, -0.2) is 4.79 Å². The summed E-state index contributed by atoms with van der Waals surface area (Å²) >= 11 is 13.3. The number of hydrogen-bond donors (Lipinski definition) is 0. The van der Waals surface area contributed by atoms with E-state index in [1.807, 2.05) is 44.2 Å². The Balaban J connectivity index is 1.36. The van der Waals surface area contributed by atoms with Crippen LogP contribution in [0, 0.1) is 5.92 Å². The first kappa shape index (κ1) is 18.7. The summed E-state index contributed by atoms with van der Waals surface area (Å²) in [5, 5.41) is 0. The number of ether oxygens (including phenoxy) is 4. The summed E-state index contributed by atoms with van der Waals surface area (Å²) in [6.45, 7) is 4.46. The monoisotopic (exact) mass is 440 g/mol. The fourth-order valence-corrected chi connectivity index (χ4v) is 6.06. The van der Waals surface area contributed by atoms with Crippen molar-refractivity contribution in [3.63, 3.8) is 0 Å². The Hall–Kier alpha value is -1.09.